The molecular weight excluding hydrogens is 260 g/mol. The SMILES string of the molecule is CNC1CCCN(C(=O)c2c(C)cccc2C)C1.Cl. The van der Waals surface area contributed by atoms with Crippen LogP contribution in [0.5, 0.6) is 0 Å². The molecule has 3 nitrogen and oxygen atoms in total. The minimum atomic E-state index is 0. The van der Waals surface area contributed by atoms with E-state index in [2.05, 4.69) is 5.32 Å². The van der Waals surface area contributed by atoms with E-state index < -0.39 is 0 Å². The molecule has 0 saturated carbocycles. The fourth-order valence-corrected chi connectivity index (χ4v) is 2.71. The maximum atomic E-state index is 12.6. The zero-order valence-electron chi connectivity index (χ0n) is 11.9. The number of amides is 1. The van der Waals surface area contributed by atoms with Crippen LogP contribution in [0.2, 0.25) is 0 Å². The molecule has 4 heteroatoms. The Bertz CT molecular complexity index is 428. The minimum absolute atomic E-state index is 0. The predicted molar refractivity (Wildman–Crippen MR) is 81.1 cm³/mol. The summed E-state index contributed by atoms with van der Waals surface area (Å²) >= 11 is 0. The smallest absolute Gasteiger partial charge is 0.254 e. The highest BCUT2D eigenvalue weighted by molar-refractivity contribution is 5.97. The average molecular weight is 283 g/mol. The number of carbonyl (C=O) groups is 1. The summed E-state index contributed by atoms with van der Waals surface area (Å²) in [5, 5.41) is 3.28. The van der Waals surface area contributed by atoms with E-state index in [9.17, 15) is 4.79 Å². The van der Waals surface area contributed by atoms with Gasteiger partial charge in [-0.15, -0.1) is 12.4 Å². The molecular formula is C15H23ClN2O. The summed E-state index contributed by atoms with van der Waals surface area (Å²) < 4.78 is 0. The Morgan fingerprint density at radius 3 is 2.53 bits per heavy atom. The first kappa shape index (κ1) is 16.0. The van der Waals surface area contributed by atoms with Gasteiger partial charge in [-0.2, -0.15) is 0 Å². The summed E-state index contributed by atoms with van der Waals surface area (Å²) in [5.74, 6) is 0.186. The molecule has 1 amide bonds. The molecule has 1 aliphatic heterocycles. The first-order chi connectivity index (χ1) is 8.63. The molecule has 2 rings (SSSR count). The van der Waals surface area contributed by atoms with Gasteiger partial charge in [0.2, 0.25) is 0 Å². The maximum Gasteiger partial charge on any atom is 0.254 e. The fraction of sp³-hybridized carbons (Fsp3) is 0.533. The number of aryl methyl sites for hydroxylation is 2. The first-order valence-electron chi connectivity index (χ1n) is 6.66. The number of hydrogen-bond donors (Lipinski definition) is 1. The molecule has 1 N–H and O–H groups in total. The average Bonchev–Trinajstić information content (AvgIpc) is 2.38. The van der Waals surface area contributed by atoms with Gasteiger partial charge in [0.25, 0.3) is 5.91 Å². The highest BCUT2D eigenvalue weighted by Crippen LogP contribution is 2.19. The van der Waals surface area contributed by atoms with Crippen molar-refractivity contribution < 1.29 is 4.79 Å². The molecule has 19 heavy (non-hydrogen) atoms. The number of halogens is 1. The number of carbonyl (C=O) groups excluding carboxylic acids is 1. The zero-order chi connectivity index (χ0) is 13.1. The van der Waals surface area contributed by atoms with Crippen molar-refractivity contribution in [2.24, 2.45) is 0 Å². The second-order valence-electron chi connectivity index (χ2n) is 5.15. The minimum Gasteiger partial charge on any atom is -0.337 e. The lowest BCUT2D eigenvalue weighted by Gasteiger charge is -2.33. The Hall–Kier alpha value is -1.06. The Kier molecular flexibility index (Phi) is 5.83. The Morgan fingerprint density at radius 1 is 1.32 bits per heavy atom. The van der Waals surface area contributed by atoms with Crippen LogP contribution in [0.1, 0.15) is 34.3 Å². The molecule has 0 aliphatic carbocycles. The molecule has 0 bridgehead atoms. The van der Waals surface area contributed by atoms with Gasteiger partial charge in [-0.25, -0.2) is 0 Å². The lowest BCUT2D eigenvalue weighted by atomic mass is 9.99. The van der Waals surface area contributed by atoms with Crippen molar-refractivity contribution in [1.29, 1.82) is 0 Å². The number of nitrogens with zero attached hydrogens (tertiary/aromatic N) is 1. The topological polar surface area (TPSA) is 32.3 Å². The van der Waals surface area contributed by atoms with E-state index in [-0.39, 0.29) is 18.3 Å². The van der Waals surface area contributed by atoms with Crippen molar-refractivity contribution in [3.63, 3.8) is 0 Å². The van der Waals surface area contributed by atoms with E-state index in [0.29, 0.717) is 6.04 Å². The number of hydrogen-bond acceptors (Lipinski definition) is 2. The molecule has 1 aromatic carbocycles. The monoisotopic (exact) mass is 282 g/mol. The van der Waals surface area contributed by atoms with Crippen LogP contribution >= 0.6 is 12.4 Å². The third kappa shape index (κ3) is 3.48. The Morgan fingerprint density at radius 2 is 1.95 bits per heavy atom. The van der Waals surface area contributed by atoms with E-state index >= 15 is 0 Å². The molecule has 1 aliphatic rings. The summed E-state index contributed by atoms with van der Waals surface area (Å²) in [7, 11) is 1.97. The molecule has 1 atom stereocenters. The van der Waals surface area contributed by atoms with Gasteiger partial charge in [-0.1, -0.05) is 18.2 Å². The van der Waals surface area contributed by atoms with Crippen LogP contribution in [0.3, 0.4) is 0 Å². The van der Waals surface area contributed by atoms with Crippen LogP contribution in [-0.2, 0) is 0 Å². The summed E-state index contributed by atoms with van der Waals surface area (Å²) in [6.45, 7) is 5.73. The molecule has 1 aromatic rings. The number of likely N-dealkylation sites (tertiary alicyclic amines) is 1. The van der Waals surface area contributed by atoms with E-state index in [1.165, 1.54) is 0 Å². The van der Waals surface area contributed by atoms with Crippen molar-refractivity contribution in [1.82, 2.24) is 10.2 Å². The van der Waals surface area contributed by atoms with Gasteiger partial charge >= 0.3 is 0 Å². The van der Waals surface area contributed by atoms with Crippen LogP contribution in [0.4, 0.5) is 0 Å². The molecule has 0 spiro atoms. The van der Waals surface area contributed by atoms with Gasteiger partial charge in [-0.05, 0) is 44.9 Å². The molecule has 1 fully saturated rings. The largest absolute Gasteiger partial charge is 0.337 e. The van der Waals surface area contributed by atoms with Gasteiger partial charge in [0.15, 0.2) is 0 Å². The number of likely N-dealkylation sites (N-methyl/N-ethyl adjacent to an activating group) is 1. The molecule has 0 aromatic heterocycles. The van der Waals surface area contributed by atoms with Crippen molar-refractivity contribution in [3.8, 4) is 0 Å². The van der Waals surface area contributed by atoms with Crippen molar-refractivity contribution in [3.05, 3.63) is 34.9 Å². The normalized spacial score (nSPS) is 18.9. The standard InChI is InChI=1S/C15H22N2O.ClH/c1-11-6-4-7-12(2)14(11)15(18)17-9-5-8-13(10-17)16-3;/h4,6-7,13,16H,5,8-10H2,1-3H3;1H. The summed E-state index contributed by atoms with van der Waals surface area (Å²) in [4.78, 5) is 14.6. The van der Waals surface area contributed by atoms with Crippen LogP contribution in [0, 0.1) is 13.8 Å². The van der Waals surface area contributed by atoms with Crippen molar-refractivity contribution in [2.75, 3.05) is 20.1 Å². The fourth-order valence-electron chi connectivity index (χ4n) is 2.71. The van der Waals surface area contributed by atoms with Gasteiger partial charge in [0, 0.05) is 24.7 Å². The van der Waals surface area contributed by atoms with E-state index in [4.69, 9.17) is 0 Å². The van der Waals surface area contributed by atoms with Gasteiger partial charge in [0.05, 0.1) is 0 Å². The van der Waals surface area contributed by atoms with Crippen LogP contribution < -0.4 is 5.32 Å². The summed E-state index contributed by atoms with van der Waals surface area (Å²) in [6.07, 6.45) is 2.25. The van der Waals surface area contributed by atoms with Crippen LogP contribution in [0.25, 0.3) is 0 Å². The van der Waals surface area contributed by atoms with Crippen LogP contribution in [-0.4, -0.2) is 37.0 Å². The Balaban J connectivity index is 0.00000180. The van der Waals surface area contributed by atoms with Crippen LogP contribution in [0.15, 0.2) is 18.2 Å². The highest BCUT2D eigenvalue weighted by Gasteiger charge is 2.25. The van der Waals surface area contributed by atoms with E-state index in [1.807, 2.05) is 44.0 Å². The third-order valence-corrected chi connectivity index (χ3v) is 3.81. The van der Waals surface area contributed by atoms with Gasteiger partial charge in [-0.3, -0.25) is 4.79 Å². The molecule has 1 heterocycles. The summed E-state index contributed by atoms with van der Waals surface area (Å²) in [5.41, 5.74) is 3.03. The lowest BCUT2D eigenvalue weighted by Crippen LogP contribution is -2.47. The molecule has 0 radical (unpaired) electrons. The number of benzene rings is 1. The number of nitrogens with one attached hydrogen (secondary N) is 1. The molecule has 1 saturated heterocycles. The Labute approximate surface area is 121 Å². The second-order valence-corrected chi connectivity index (χ2v) is 5.15. The van der Waals surface area contributed by atoms with Gasteiger partial charge < -0.3 is 10.2 Å². The molecule has 106 valence electrons. The highest BCUT2D eigenvalue weighted by atomic mass is 35.5. The zero-order valence-corrected chi connectivity index (χ0v) is 12.7. The second kappa shape index (κ2) is 6.92. The van der Waals surface area contributed by atoms with E-state index in [1.54, 1.807) is 0 Å². The quantitative estimate of drug-likeness (QED) is 0.904. The summed E-state index contributed by atoms with van der Waals surface area (Å²) in [6, 6.07) is 6.47. The lowest BCUT2D eigenvalue weighted by molar-refractivity contribution is 0.0696. The number of rotatable bonds is 2. The third-order valence-electron chi connectivity index (χ3n) is 3.81. The van der Waals surface area contributed by atoms with Crippen molar-refractivity contribution in [2.45, 2.75) is 32.7 Å². The molecule has 1 unspecified atom stereocenters. The van der Waals surface area contributed by atoms with Gasteiger partial charge in [0.1, 0.15) is 0 Å². The number of piperidine rings is 1. The van der Waals surface area contributed by atoms with E-state index in [0.717, 1.165) is 42.6 Å². The van der Waals surface area contributed by atoms with Crippen molar-refractivity contribution >= 4 is 18.3 Å². The maximum absolute atomic E-state index is 12.6. The predicted octanol–water partition coefficient (Wildman–Crippen LogP) is 2.55. The first-order valence-corrected chi connectivity index (χ1v) is 6.66.